The molecule has 3 N–H and O–H groups in total. The Bertz CT molecular complexity index is 308. The first-order valence-corrected chi connectivity index (χ1v) is 5.36. The number of aliphatic hydroxyl groups excluding tert-OH is 1. The highest BCUT2D eigenvalue weighted by atomic mass is 16.3. The van der Waals surface area contributed by atoms with Gasteiger partial charge < -0.3 is 10.8 Å². The van der Waals surface area contributed by atoms with Crippen LogP contribution < -0.4 is 5.73 Å². The summed E-state index contributed by atoms with van der Waals surface area (Å²) in [6.07, 6.45) is -0.509. The summed E-state index contributed by atoms with van der Waals surface area (Å²) in [5, 5.41) is 9.38. The summed E-state index contributed by atoms with van der Waals surface area (Å²) in [4.78, 5) is 0. The maximum Gasteiger partial charge on any atom is 0.0704 e. The molecule has 0 heterocycles. The Kier molecular flexibility index (Phi) is 3.53. The van der Waals surface area contributed by atoms with Gasteiger partial charge in [0.05, 0.1) is 12.1 Å². The molecule has 0 saturated heterocycles. The molecule has 0 radical (unpaired) electrons. The summed E-state index contributed by atoms with van der Waals surface area (Å²) < 4.78 is 0. The molecule has 0 unspecified atom stereocenters. The van der Waals surface area contributed by atoms with Crippen LogP contribution in [-0.2, 0) is 5.41 Å². The SMILES string of the molecule is C[C@H](O)[C@@H](N)c1ccc(C(C)(C)C)cc1. The van der Waals surface area contributed by atoms with Crippen molar-refractivity contribution in [2.24, 2.45) is 5.73 Å². The molecule has 0 amide bonds. The van der Waals surface area contributed by atoms with Crippen LogP contribution in [-0.4, -0.2) is 11.2 Å². The summed E-state index contributed by atoms with van der Waals surface area (Å²) in [6.45, 7) is 8.24. The van der Waals surface area contributed by atoms with E-state index in [2.05, 4.69) is 32.9 Å². The van der Waals surface area contributed by atoms with Gasteiger partial charge in [0.15, 0.2) is 0 Å². The summed E-state index contributed by atoms with van der Waals surface area (Å²) >= 11 is 0. The highest BCUT2D eigenvalue weighted by Gasteiger charge is 2.15. The van der Waals surface area contributed by atoms with E-state index < -0.39 is 6.10 Å². The Morgan fingerprint density at radius 1 is 1.13 bits per heavy atom. The molecule has 0 fully saturated rings. The molecule has 0 aliphatic carbocycles. The van der Waals surface area contributed by atoms with E-state index in [1.165, 1.54) is 5.56 Å². The van der Waals surface area contributed by atoms with Crippen LogP contribution in [0.5, 0.6) is 0 Å². The van der Waals surface area contributed by atoms with Gasteiger partial charge in [-0.1, -0.05) is 45.0 Å². The van der Waals surface area contributed by atoms with E-state index in [0.717, 1.165) is 5.56 Å². The van der Waals surface area contributed by atoms with Crippen LogP contribution in [0.2, 0.25) is 0 Å². The molecule has 84 valence electrons. The van der Waals surface area contributed by atoms with Gasteiger partial charge in [0.1, 0.15) is 0 Å². The molecule has 0 aliphatic rings. The minimum absolute atomic E-state index is 0.160. The van der Waals surface area contributed by atoms with Crippen LogP contribution in [0.25, 0.3) is 0 Å². The van der Waals surface area contributed by atoms with E-state index in [1.807, 2.05) is 12.1 Å². The zero-order valence-corrected chi connectivity index (χ0v) is 9.99. The fourth-order valence-electron chi connectivity index (χ4n) is 1.48. The van der Waals surface area contributed by atoms with Gasteiger partial charge in [0, 0.05) is 0 Å². The molecule has 1 aromatic rings. The largest absolute Gasteiger partial charge is 0.391 e. The van der Waals surface area contributed by atoms with E-state index in [4.69, 9.17) is 5.73 Å². The van der Waals surface area contributed by atoms with Crippen molar-refractivity contribution in [3.63, 3.8) is 0 Å². The number of hydrogen-bond donors (Lipinski definition) is 2. The molecule has 1 rings (SSSR count). The molecular weight excluding hydrogens is 186 g/mol. The van der Waals surface area contributed by atoms with Gasteiger partial charge in [-0.25, -0.2) is 0 Å². The van der Waals surface area contributed by atoms with Crippen molar-refractivity contribution in [1.29, 1.82) is 0 Å². The Morgan fingerprint density at radius 3 is 1.93 bits per heavy atom. The Labute approximate surface area is 92.1 Å². The van der Waals surface area contributed by atoms with E-state index in [1.54, 1.807) is 6.92 Å². The molecular formula is C13H21NO. The Hall–Kier alpha value is -0.860. The predicted octanol–water partition coefficient (Wildman–Crippen LogP) is 2.36. The molecule has 0 aliphatic heterocycles. The second-order valence-electron chi connectivity index (χ2n) is 5.14. The number of benzene rings is 1. The van der Waals surface area contributed by atoms with Crippen LogP contribution >= 0.6 is 0 Å². The lowest BCUT2D eigenvalue weighted by Gasteiger charge is -2.21. The molecule has 0 spiro atoms. The van der Waals surface area contributed by atoms with E-state index in [0.29, 0.717) is 0 Å². The fraction of sp³-hybridized carbons (Fsp3) is 0.538. The zero-order valence-electron chi connectivity index (χ0n) is 9.99. The highest BCUT2D eigenvalue weighted by Crippen LogP contribution is 2.24. The third-order valence-electron chi connectivity index (χ3n) is 2.68. The Morgan fingerprint density at radius 2 is 1.60 bits per heavy atom. The average Bonchev–Trinajstić information content (AvgIpc) is 2.15. The fourth-order valence-corrected chi connectivity index (χ4v) is 1.48. The third-order valence-corrected chi connectivity index (χ3v) is 2.68. The minimum Gasteiger partial charge on any atom is -0.391 e. The third kappa shape index (κ3) is 3.05. The van der Waals surface area contributed by atoms with Crippen molar-refractivity contribution in [2.75, 3.05) is 0 Å². The van der Waals surface area contributed by atoms with Crippen molar-refractivity contribution in [2.45, 2.75) is 45.3 Å². The molecule has 1 aromatic carbocycles. The topological polar surface area (TPSA) is 46.2 Å². The zero-order chi connectivity index (χ0) is 11.6. The normalized spacial score (nSPS) is 16.1. The average molecular weight is 207 g/mol. The van der Waals surface area contributed by atoms with Crippen LogP contribution in [0, 0.1) is 0 Å². The van der Waals surface area contributed by atoms with E-state index >= 15 is 0 Å². The summed E-state index contributed by atoms with van der Waals surface area (Å²) in [7, 11) is 0. The van der Waals surface area contributed by atoms with Gasteiger partial charge in [0.25, 0.3) is 0 Å². The van der Waals surface area contributed by atoms with Crippen molar-refractivity contribution in [3.8, 4) is 0 Å². The summed E-state index contributed by atoms with van der Waals surface area (Å²) in [6, 6.07) is 7.87. The van der Waals surface area contributed by atoms with E-state index in [-0.39, 0.29) is 11.5 Å². The minimum atomic E-state index is -0.509. The van der Waals surface area contributed by atoms with E-state index in [9.17, 15) is 5.11 Å². The molecule has 2 nitrogen and oxygen atoms in total. The summed E-state index contributed by atoms with van der Waals surface area (Å²) in [5.41, 5.74) is 8.27. The lowest BCUT2D eigenvalue weighted by molar-refractivity contribution is 0.164. The summed E-state index contributed by atoms with van der Waals surface area (Å²) in [5.74, 6) is 0. The van der Waals surface area contributed by atoms with Crippen molar-refractivity contribution in [1.82, 2.24) is 0 Å². The quantitative estimate of drug-likeness (QED) is 0.782. The number of nitrogens with two attached hydrogens (primary N) is 1. The predicted molar refractivity (Wildman–Crippen MR) is 63.8 cm³/mol. The monoisotopic (exact) mass is 207 g/mol. The van der Waals surface area contributed by atoms with Gasteiger partial charge in [-0.05, 0) is 23.5 Å². The van der Waals surface area contributed by atoms with Gasteiger partial charge >= 0.3 is 0 Å². The highest BCUT2D eigenvalue weighted by molar-refractivity contribution is 5.29. The lowest BCUT2D eigenvalue weighted by atomic mass is 9.86. The van der Waals surface area contributed by atoms with Crippen molar-refractivity contribution < 1.29 is 5.11 Å². The van der Waals surface area contributed by atoms with Gasteiger partial charge in [-0.3, -0.25) is 0 Å². The van der Waals surface area contributed by atoms with Crippen LogP contribution in [0.4, 0.5) is 0 Å². The first kappa shape index (κ1) is 12.2. The standard InChI is InChI=1S/C13H21NO/c1-9(15)12(14)10-5-7-11(8-6-10)13(2,3)4/h5-9,12,15H,14H2,1-4H3/t9-,12+/m0/s1. The van der Waals surface area contributed by atoms with Crippen LogP contribution in [0.1, 0.15) is 44.9 Å². The number of aliphatic hydroxyl groups is 1. The molecule has 0 bridgehead atoms. The maximum absolute atomic E-state index is 9.38. The maximum atomic E-state index is 9.38. The van der Waals surface area contributed by atoms with Gasteiger partial charge in [-0.15, -0.1) is 0 Å². The second kappa shape index (κ2) is 4.33. The first-order valence-electron chi connectivity index (χ1n) is 5.36. The Balaban J connectivity index is 2.91. The molecule has 15 heavy (non-hydrogen) atoms. The molecule has 2 heteroatoms. The molecule has 0 saturated carbocycles. The second-order valence-corrected chi connectivity index (χ2v) is 5.14. The molecule has 0 aromatic heterocycles. The number of rotatable bonds is 2. The van der Waals surface area contributed by atoms with Crippen molar-refractivity contribution >= 4 is 0 Å². The van der Waals surface area contributed by atoms with Crippen molar-refractivity contribution in [3.05, 3.63) is 35.4 Å². The first-order chi connectivity index (χ1) is 6.82. The smallest absolute Gasteiger partial charge is 0.0704 e. The van der Waals surface area contributed by atoms with Crippen LogP contribution in [0.15, 0.2) is 24.3 Å². The van der Waals surface area contributed by atoms with Crippen LogP contribution in [0.3, 0.4) is 0 Å². The molecule has 2 atom stereocenters. The van der Waals surface area contributed by atoms with Gasteiger partial charge in [0.2, 0.25) is 0 Å². The lowest BCUT2D eigenvalue weighted by Crippen LogP contribution is -2.23. The van der Waals surface area contributed by atoms with Gasteiger partial charge in [-0.2, -0.15) is 0 Å². The number of hydrogen-bond acceptors (Lipinski definition) is 2.